The largest absolute Gasteiger partial charge is 0.419 e. The molecule has 9 nitrogen and oxygen atoms in total. The minimum absolute atomic E-state index is 0.00436. The van der Waals surface area contributed by atoms with Gasteiger partial charge in [-0.1, -0.05) is 6.92 Å². The van der Waals surface area contributed by atoms with Crippen molar-refractivity contribution in [1.82, 2.24) is 9.55 Å². The van der Waals surface area contributed by atoms with Crippen LogP contribution in [0.25, 0.3) is 21.3 Å². The van der Waals surface area contributed by atoms with E-state index < -0.39 is 25.6 Å². The Morgan fingerprint density at radius 3 is 2.63 bits per heavy atom. The van der Waals surface area contributed by atoms with Crippen LogP contribution in [0, 0.1) is 0 Å². The van der Waals surface area contributed by atoms with Gasteiger partial charge in [-0.15, -0.1) is 11.3 Å². The number of fused-ring (bicyclic) bond motifs is 2. The molecule has 0 saturated carbocycles. The van der Waals surface area contributed by atoms with E-state index in [1.54, 1.807) is 13.0 Å². The van der Waals surface area contributed by atoms with Gasteiger partial charge in [-0.05, 0) is 36.8 Å². The summed E-state index contributed by atoms with van der Waals surface area (Å²) in [5, 5.41) is 0. The fourth-order valence-corrected chi connectivity index (χ4v) is 6.73. The molecule has 0 amide bonds. The van der Waals surface area contributed by atoms with E-state index in [2.05, 4.69) is 9.71 Å². The molecular formula is C18H17N3O6S3. The summed E-state index contributed by atoms with van der Waals surface area (Å²) >= 11 is 1.000. The van der Waals surface area contributed by atoms with Gasteiger partial charge >= 0.3 is 5.76 Å². The van der Waals surface area contributed by atoms with Gasteiger partial charge in [0, 0.05) is 13.1 Å². The average Bonchev–Trinajstić information content (AvgIpc) is 3.22. The lowest BCUT2D eigenvalue weighted by molar-refractivity contribution is 0.527. The Labute approximate surface area is 175 Å². The minimum atomic E-state index is -3.96. The normalized spacial score (nSPS) is 12.6. The van der Waals surface area contributed by atoms with E-state index in [9.17, 15) is 21.6 Å². The number of sulfonamides is 1. The summed E-state index contributed by atoms with van der Waals surface area (Å²) in [6, 6.07) is 8.76. The molecule has 0 aliphatic carbocycles. The van der Waals surface area contributed by atoms with Crippen LogP contribution in [0.15, 0.2) is 54.8 Å². The highest BCUT2D eigenvalue weighted by molar-refractivity contribution is 7.93. The minimum Gasteiger partial charge on any atom is -0.408 e. The fourth-order valence-electron chi connectivity index (χ4n) is 2.95. The van der Waals surface area contributed by atoms with Crippen molar-refractivity contribution in [1.29, 1.82) is 0 Å². The molecule has 0 fully saturated rings. The summed E-state index contributed by atoms with van der Waals surface area (Å²) in [6.07, 6.45) is 0.481. The van der Waals surface area contributed by atoms with E-state index in [1.165, 1.54) is 41.9 Å². The van der Waals surface area contributed by atoms with Crippen LogP contribution in [0.3, 0.4) is 0 Å². The molecule has 4 rings (SSSR count). The Hall–Kier alpha value is -2.70. The van der Waals surface area contributed by atoms with Gasteiger partial charge in [0.15, 0.2) is 5.58 Å². The van der Waals surface area contributed by atoms with Crippen molar-refractivity contribution in [2.24, 2.45) is 7.05 Å². The Morgan fingerprint density at radius 1 is 1.13 bits per heavy atom. The number of nitrogens with zero attached hydrogens (tertiary/aromatic N) is 2. The molecule has 0 saturated heterocycles. The summed E-state index contributed by atoms with van der Waals surface area (Å²) in [6.45, 7) is 1.77. The van der Waals surface area contributed by atoms with Gasteiger partial charge in [0.25, 0.3) is 10.0 Å². The van der Waals surface area contributed by atoms with Crippen molar-refractivity contribution in [2.75, 3.05) is 10.5 Å². The summed E-state index contributed by atoms with van der Waals surface area (Å²) in [7, 11) is -5.89. The smallest absolute Gasteiger partial charge is 0.408 e. The zero-order valence-corrected chi connectivity index (χ0v) is 18.4. The van der Waals surface area contributed by atoms with Gasteiger partial charge in [-0.3, -0.25) is 9.29 Å². The number of sulfone groups is 1. The fraction of sp³-hybridized carbons (Fsp3) is 0.222. The molecule has 1 N–H and O–H groups in total. The summed E-state index contributed by atoms with van der Waals surface area (Å²) in [4.78, 5) is 15.7. The van der Waals surface area contributed by atoms with Gasteiger partial charge in [-0.25, -0.2) is 26.6 Å². The molecule has 0 unspecified atom stereocenters. The monoisotopic (exact) mass is 467 g/mol. The Bertz CT molecular complexity index is 1550. The molecule has 4 aromatic rings. The van der Waals surface area contributed by atoms with Gasteiger partial charge in [0.05, 0.1) is 32.1 Å². The van der Waals surface area contributed by atoms with Crippen molar-refractivity contribution in [3.8, 4) is 0 Å². The first-order valence-corrected chi connectivity index (χ1v) is 12.8. The van der Waals surface area contributed by atoms with Crippen LogP contribution in [0.2, 0.25) is 0 Å². The van der Waals surface area contributed by atoms with E-state index >= 15 is 0 Å². The first kappa shape index (κ1) is 20.6. The number of hydrogen-bond acceptors (Lipinski definition) is 8. The van der Waals surface area contributed by atoms with Crippen LogP contribution < -0.4 is 10.5 Å². The molecule has 2 aromatic carbocycles. The third kappa shape index (κ3) is 3.61. The molecule has 158 valence electrons. The number of benzene rings is 2. The number of anilines is 1. The van der Waals surface area contributed by atoms with Crippen LogP contribution in [0.5, 0.6) is 0 Å². The van der Waals surface area contributed by atoms with E-state index in [4.69, 9.17) is 4.42 Å². The zero-order valence-electron chi connectivity index (χ0n) is 15.9. The number of aryl methyl sites for hydroxylation is 1. The van der Waals surface area contributed by atoms with E-state index in [1.807, 2.05) is 0 Å². The topological polar surface area (TPSA) is 128 Å². The number of aromatic nitrogens is 2. The molecule has 30 heavy (non-hydrogen) atoms. The number of nitrogens with one attached hydrogen (secondary N) is 1. The van der Waals surface area contributed by atoms with Crippen LogP contribution >= 0.6 is 11.3 Å². The Kier molecular flexibility index (Phi) is 4.95. The molecule has 0 atom stereocenters. The molecule has 0 aliphatic heterocycles. The second-order valence-corrected chi connectivity index (χ2v) is 11.6. The maximum absolute atomic E-state index is 12.8. The quantitative estimate of drug-likeness (QED) is 0.462. The second-order valence-electron chi connectivity index (χ2n) is 6.64. The van der Waals surface area contributed by atoms with Gasteiger partial charge < -0.3 is 4.42 Å². The first-order valence-electron chi connectivity index (χ1n) is 8.86. The van der Waals surface area contributed by atoms with Crippen molar-refractivity contribution in [3.05, 3.63) is 46.9 Å². The van der Waals surface area contributed by atoms with Crippen LogP contribution in [-0.2, 0) is 26.9 Å². The maximum atomic E-state index is 12.8. The van der Waals surface area contributed by atoms with Crippen LogP contribution in [0.4, 0.5) is 5.69 Å². The molecule has 0 bridgehead atoms. The van der Waals surface area contributed by atoms with Gasteiger partial charge in [-0.2, -0.15) is 0 Å². The summed E-state index contributed by atoms with van der Waals surface area (Å²) < 4.78 is 59.4. The standard InChI is InChI=1S/C18H17N3O6S3/c1-3-8-29(23,24)17-19-13-6-4-11(9-16(13)28-17)20-30(25,26)12-5-7-14-15(10-12)27-18(22)21(14)2/h4-7,9-10,20H,3,8H2,1-2H3. The average molecular weight is 468 g/mol. The molecule has 0 aliphatic rings. The lowest BCUT2D eigenvalue weighted by Gasteiger charge is -2.08. The number of oxazole rings is 1. The van der Waals surface area contributed by atoms with Crippen LogP contribution in [-0.4, -0.2) is 32.1 Å². The lowest BCUT2D eigenvalue weighted by atomic mass is 10.3. The van der Waals surface area contributed by atoms with Crippen LogP contribution in [0.1, 0.15) is 13.3 Å². The van der Waals surface area contributed by atoms with Crippen molar-refractivity contribution in [2.45, 2.75) is 22.6 Å². The number of rotatable bonds is 6. The Morgan fingerprint density at radius 2 is 1.90 bits per heavy atom. The first-order chi connectivity index (χ1) is 14.1. The highest BCUT2D eigenvalue weighted by Crippen LogP contribution is 2.30. The molecular weight excluding hydrogens is 450 g/mol. The lowest BCUT2D eigenvalue weighted by Crippen LogP contribution is -2.12. The highest BCUT2D eigenvalue weighted by Gasteiger charge is 2.20. The van der Waals surface area contributed by atoms with Crippen molar-refractivity contribution in [3.63, 3.8) is 0 Å². The SMILES string of the molecule is CCCS(=O)(=O)c1nc2ccc(NS(=O)(=O)c3ccc4c(c3)oc(=O)n4C)cc2s1. The summed E-state index contributed by atoms with van der Waals surface area (Å²) in [5.41, 5.74) is 1.38. The third-order valence-electron chi connectivity index (χ3n) is 4.43. The van der Waals surface area contributed by atoms with E-state index in [0.29, 0.717) is 22.2 Å². The predicted molar refractivity (Wildman–Crippen MR) is 114 cm³/mol. The Balaban J connectivity index is 1.68. The zero-order chi connectivity index (χ0) is 21.7. The van der Waals surface area contributed by atoms with Crippen molar-refractivity contribution < 1.29 is 21.3 Å². The van der Waals surface area contributed by atoms with Gasteiger partial charge in [0.1, 0.15) is 0 Å². The molecule has 12 heteroatoms. The molecule has 0 spiro atoms. The second kappa shape index (κ2) is 7.22. The maximum Gasteiger partial charge on any atom is 0.419 e. The van der Waals surface area contributed by atoms with E-state index in [-0.39, 0.29) is 26.3 Å². The molecule has 2 aromatic heterocycles. The summed E-state index contributed by atoms with van der Waals surface area (Å²) in [5.74, 6) is -0.582. The van der Waals surface area contributed by atoms with Gasteiger partial charge in [0.2, 0.25) is 14.2 Å². The molecule has 0 radical (unpaired) electrons. The molecule has 2 heterocycles. The highest BCUT2D eigenvalue weighted by atomic mass is 32.2. The number of thiazole rings is 1. The predicted octanol–water partition coefficient (Wildman–Crippen LogP) is 2.73. The number of hydrogen-bond donors (Lipinski definition) is 1. The third-order valence-corrected chi connectivity index (χ3v) is 9.21. The van der Waals surface area contributed by atoms with E-state index in [0.717, 1.165) is 11.3 Å². The van der Waals surface area contributed by atoms with Crippen molar-refractivity contribution >= 4 is 58.2 Å².